The van der Waals surface area contributed by atoms with Gasteiger partial charge >= 0.3 is 0 Å². The molecule has 5 nitrogen and oxygen atoms in total. The second kappa shape index (κ2) is 9.32. The van der Waals surface area contributed by atoms with Crippen molar-refractivity contribution in [2.75, 3.05) is 26.2 Å². The number of nitrogens with zero attached hydrogens (tertiary/aromatic N) is 3. The van der Waals surface area contributed by atoms with Crippen LogP contribution in [0.4, 0.5) is 0 Å². The first-order chi connectivity index (χ1) is 13.3. The molecule has 1 atom stereocenters. The zero-order chi connectivity index (χ0) is 18.5. The lowest BCUT2D eigenvalue weighted by molar-refractivity contribution is 0.0504. The van der Waals surface area contributed by atoms with E-state index in [1.807, 2.05) is 17.5 Å². The van der Waals surface area contributed by atoms with Gasteiger partial charge in [0.05, 0.1) is 6.20 Å². The Labute approximate surface area is 166 Å². The van der Waals surface area contributed by atoms with E-state index in [2.05, 4.69) is 37.5 Å². The fourth-order valence-electron chi connectivity index (χ4n) is 4.77. The van der Waals surface area contributed by atoms with Crippen molar-refractivity contribution in [3.8, 4) is 0 Å². The summed E-state index contributed by atoms with van der Waals surface area (Å²) in [5, 5.41) is 19.4. The van der Waals surface area contributed by atoms with E-state index in [0.717, 1.165) is 39.1 Å². The van der Waals surface area contributed by atoms with Gasteiger partial charge in [0.1, 0.15) is 0 Å². The second-order valence-corrected chi connectivity index (χ2v) is 9.13. The lowest BCUT2D eigenvalue weighted by Crippen LogP contribution is -2.52. The Morgan fingerprint density at radius 3 is 2.85 bits per heavy atom. The molecule has 0 radical (unpaired) electrons. The van der Waals surface area contributed by atoms with Crippen molar-refractivity contribution in [2.45, 2.75) is 63.6 Å². The Bertz CT molecular complexity index is 680. The lowest BCUT2D eigenvalue weighted by Gasteiger charge is -2.41. The van der Waals surface area contributed by atoms with Gasteiger partial charge in [-0.25, -0.2) is 0 Å². The highest BCUT2D eigenvalue weighted by molar-refractivity contribution is 7.09. The summed E-state index contributed by atoms with van der Waals surface area (Å²) in [6, 6.07) is 4.77. The molecular weight excluding hydrogens is 356 g/mol. The van der Waals surface area contributed by atoms with Gasteiger partial charge in [-0.3, -0.25) is 14.9 Å². The Balaban J connectivity index is 1.38. The predicted molar refractivity (Wildman–Crippen MR) is 110 cm³/mol. The monoisotopic (exact) mass is 388 g/mol. The Morgan fingerprint density at radius 2 is 2.07 bits per heavy atom. The van der Waals surface area contributed by atoms with Crippen molar-refractivity contribution in [3.05, 3.63) is 39.8 Å². The highest BCUT2D eigenvalue weighted by Crippen LogP contribution is 2.33. The minimum atomic E-state index is 0.262. The third-order valence-electron chi connectivity index (χ3n) is 6.25. The van der Waals surface area contributed by atoms with Crippen LogP contribution in [-0.4, -0.2) is 57.4 Å². The molecule has 6 heteroatoms. The lowest BCUT2D eigenvalue weighted by atomic mass is 9.85. The Hall–Kier alpha value is -1.21. The van der Waals surface area contributed by atoms with E-state index in [1.165, 1.54) is 48.2 Å². The molecule has 3 heterocycles. The van der Waals surface area contributed by atoms with Crippen LogP contribution in [0.2, 0.25) is 0 Å². The number of aromatic nitrogens is 2. The first-order valence-corrected chi connectivity index (χ1v) is 11.3. The van der Waals surface area contributed by atoms with E-state index in [4.69, 9.17) is 0 Å². The highest BCUT2D eigenvalue weighted by atomic mass is 32.1. The van der Waals surface area contributed by atoms with Gasteiger partial charge in [-0.2, -0.15) is 5.10 Å². The third-order valence-corrected chi connectivity index (χ3v) is 7.11. The number of aliphatic hydroxyl groups excluding tert-OH is 1. The van der Waals surface area contributed by atoms with Crippen molar-refractivity contribution in [2.24, 2.45) is 0 Å². The summed E-state index contributed by atoms with van der Waals surface area (Å²) >= 11 is 1.83. The van der Waals surface area contributed by atoms with Crippen LogP contribution in [0.1, 0.15) is 60.6 Å². The molecule has 0 bridgehead atoms. The van der Waals surface area contributed by atoms with Crippen LogP contribution in [0.15, 0.2) is 23.7 Å². The van der Waals surface area contributed by atoms with Crippen molar-refractivity contribution in [1.29, 1.82) is 0 Å². The van der Waals surface area contributed by atoms with Crippen LogP contribution in [0.5, 0.6) is 0 Å². The summed E-state index contributed by atoms with van der Waals surface area (Å²) in [7, 11) is 0. The van der Waals surface area contributed by atoms with Crippen LogP contribution in [-0.2, 0) is 13.1 Å². The van der Waals surface area contributed by atoms with Gasteiger partial charge in [-0.15, -0.1) is 11.3 Å². The Morgan fingerprint density at radius 1 is 1.19 bits per heavy atom. The van der Waals surface area contributed by atoms with Crippen molar-refractivity contribution < 1.29 is 5.11 Å². The van der Waals surface area contributed by atoms with E-state index in [-0.39, 0.29) is 6.61 Å². The number of hydrogen-bond acceptors (Lipinski definition) is 5. The van der Waals surface area contributed by atoms with Gasteiger partial charge in [0, 0.05) is 67.4 Å². The molecule has 0 aromatic carbocycles. The molecule has 27 heavy (non-hydrogen) atoms. The van der Waals surface area contributed by atoms with Crippen LogP contribution < -0.4 is 0 Å². The predicted octanol–water partition coefficient (Wildman–Crippen LogP) is 3.59. The molecule has 2 fully saturated rings. The number of H-pyrrole nitrogens is 1. The maximum Gasteiger partial charge on any atom is 0.0535 e. The van der Waals surface area contributed by atoms with Gasteiger partial charge in [-0.05, 0) is 30.7 Å². The maximum atomic E-state index is 9.56. The van der Waals surface area contributed by atoms with Gasteiger partial charge in [0.2, 0.25) is 0 Å². The van der Waals surface area contributed by atoms with E-state index in [9.17, 15) is 5.11 Å². The van der Waals surface area contributed by atoms with Crippen LogP contribution in [0.3, 0.4) is 0 Å². The zero-order valence-corrected chi connectivity index (χ0v) is 17.0. The molecule has 4 rings (SSSR count). The van der Waals surface area contributed by atoms with E-state index in [1.54, 1.807) is 0 Å². The summed E-state index contributed by atoms with van der Waals surface area (Å²) in [5.41, 5.74) is 2.77. The quantitative estimate of drug-likeness (QED) is 0.761. The summed E-state index contributed by atoms with van der Waals surface area (Å²) in [6.07, 6.45) is 9.58. The van der Waals surface area contributed by atoms with Crippen LogP contribution in [0.25, 0.3) is 0 Å². The van der Waals surface area contributed by atoms with Gasteiger partial charge in [-0.1, -0.05) is 25.3 Å². The van der Waals surface area contributed by atoms with Crippen molar-refractivity contribution in [3.63, 3.8) is 0 Å². The number of rotatable bonds is 7. The number of nitrogens with one attached hydrogen (secondary N) is 1. The number of thiophene rings is 1. The van der Waals surface area contributed by atoms with Crippen molar-refractivity contribution in [1.82, 2.24) is 20.0 Å². The van der Waals surface area contributed by atoms with Crippen LogP contribution >= 0.6 is 11.3 Å². The molecule has 1 aliphatic heterocycles. The van der Waals surface area contributed by atoms with Gasteiger partial charge in [0.25, 0.3) is 0 Å². The fraction of sp³-hybridized carbons (Fsp3) is 0.667. The average Bonchev–Trinajstić information content (AvgIpc) is 3.37. The molecule has 1 saturated carbocycles. The number of aromatic amines is 1. The molecule has 2 N–H and O–H groups in total. The SMILES string of the molecule is OCCC1CN(Cc2cn[nH]c2C2CCCCC2)CCN1Cc1cccs1. The standard InChI is InChI=1S/C21H32N4OS/c26-11-8-19-15-24(9-10-25(19)16-20-7-4-12-27-20)14-18-13-22-23-21(18)17-5-2-1-3-6-17/h4,7,12-13,17,19,26H,1-3,5-6,8-11,14-16H2,(H,22,23). The highest BCUT2D eigenvalue weighted by Gasteiger charge is 2.28. The molecular formula is C21H32N4OS. The molecule has 0 spiro atoms. The summed E-state index contributed by atoms with van der Waals surface area (Å²) in [4.78, 5) is 6.53. The average molecular weight is 389 g/mol. The van der Waals surface area contributed by atoms with E-state index in [0.29, 0.717) is 12.0 Å². The van der Waals surface area contributed by atoms with Gasteiger partial charge in [0.15, 0.2) is 0 Å². The van der Waals surface area contributed by atoms with Gasteiger partial charge < -0.3 is 5.11 Å². The molecule has 1 aliphatic carbocycles. The number of piperazine rings is 1. The largest absolute Gasteiger partial charge is 0.396 e. The topological polar surface area (TPSA) is 55.4 Å². The summed E-state index contributed by atoms with van der Waals surface area (Å²) in [5.74, 6) is 0.671. The normalized spacial score (nSPS) is 23.1. The first kappa shape index (κ1) is 19.1. The minimum Gasteiger partial charge on any atom is -0.396 e. The first-order valence-electron chi connectivity index (χ1n) is 10.4. The molecule has 0 amide bonds. The maximum absolute atomic E-state index is 9.56. The molecule has 2 aliphatic rings. The number of hydrogen-bond donors (Lipinski definition) is 2. The summed E-state index contributed by atoms with van der Waals surface area (Å²) < 4.78 is 0. The fourth-order valence-corrected chi connectivity index (χ4v) is 5.50. The molecule has 1 unspecified atom stereocenters. The smallest absolute Gasteiger partial charge is 0.0535 e. The van der Waals surface area contributed by atoms with Crippen molar-refractivity contribution >= 4 is 11.3 Å². The molecule has 2 aromatic rings. The van der Waals surface area contributed by atoms with E-state index < -0.39 is 0 Å². The Kier molecular flexibility index (Phi) is 6.60. The minimum absolute atomic E-state index is 0.262. The zero-order valence-electron chi connectivity index (χ0n) is 16.1. The third kappa shape index (κ3) is 4.80. The summed E-state index contributed by atoms with van der Waals surface area (Å²) in [6.45, 7) is 5.44. The van der Waals surface area contributed by atoms with E-state index >= 15 is 0 Å². The van der Waals surface area contributed by atoms with Crippen LogP contribution in [0, 0.1) is 0 Å². The number of aliphatic hydroxyl groups is 1. The second-order valence-electron chi connectivity index (χ2n) is 8.09. The molecule has 148 valence electrons. The molecule has 1 saturated heterocycles. The molecule has 2 aromatic heterocycles.